The van der Waals surface area contributed by atoms with Crippen molar-refractivity contribution in [3.8, 4) is 0 Å². The second-order valence-corrected chi connectivity index (χ2v) is 4.56. The number of urea groups is 1. The molecule has 0 aliphatic heterocycles. The molecule has 1 rings (SSSR count). The maximum Gasteiger partial charge on any atom is 0.326 e. The number of aryl methyl sites for hydroxylation is 1. The molecule has 0 heterocycles. The van der Waals surface area contributed by atoms with Gasteiger partial charge in [0.05, 0.1) is 5.69 Å². The molecule has 0 aliphatic rings. The predicted octanol–water partition coefficient (Wildman–Crippen LogP) is 2.14. The molecule has 7 heteroatoms. The van der Waals surface area contributed by atoms with Crippen molar-refractivity contribution in [3.63, 3.8) is 0 Å². The van der Waals surface area contributed by atoms with Gasteiger partial charge in [0.25, 0.3) is 0 Å². The number of rotatable bonds is 7. The van der Waals surface area contributed by atoms with Crippen LogP contribution < -0.4 is 10.6 Å². The van der Waals surface area contributed by atoms with Crippen molar-refractivity contribution in [3.05, 3.63) is 29.6 Å². The van der Waals surface area contributed by atoms with Crippen LogP contribution in [-0.4, -0.2) is 36.9 Å². The van der Waals surface area contributed by atoms with Crippen molar-refractivity contribution < 1.29 is 23.8 Å². The summed E-state index contributed by atoms with van der Waals surface area (Å²) in [5.41, 5.74) is 0.590. The van der Waals surface area contributed by atoms with Crippen molar-refractivity contribution in [2.45, 2.75) is 25.8 Å². The fourth-order valence-electron chi connectivity index (χ4n) is 1.79. The molecule has 6 nitrogen and oxygen atoms in total. The van der Waals surface area contributed by atoms with Crippen molar-refractivity contribution in [2.75, 3.05) is 19.0 Å². The average Bonchev–Trinajstić information content (AvgIpc) is 2.42. The molecule has 0 bridgehead atoms. The van der Waals surface area contributed by atoms with E-state index in [0.717, 1.165) is 0 Å². The highest BCUT2D eigenvalue weighted by atomic mass is 19.1. The van der Waals surface area contributed by atoms with E-state index in [1.54, 1.807) is 13.0 Å². The van der Waals surface area contributed by atoms with E-state index in [0.29, 0.717) is 18.6 Å². The molecule has 0 aliphatic carbocycles. The van der Waals surface area contributed by atoms with Crippen LogP contribution in [0.25, 0.3) is 0 Å². The molecule has 3 N–H and O–H groups in total. The number of methoxy groups -OCH3 is 1. The molecule has 116 valence electrons. The lowest BCUT2D eigenvalue weighted by atomic mass is 10.1. The van der Waals surface area contributed by atoms with Crippen LogP contribution in [-0.2, 0) is 9.53 Å². The van der Waals surface area contributed by atoms with Crippen molar-refractivity contribution in [1.82, 2.24) is 5.32 Å². The van der Waals surface area contributed by atoms with Gasteiger partial charge in [0, 0.05) is 13.7 Å². The number of para-hydroxylation sites is 1. The lowest BCUT2D eigenvalue weighted by Crippen LogP contribution is -2.43. The minimum absolute atomic E-state index is 0.0380. The van der Waals surface area contributed by atoms with Gasteiger partial charge in [-0.1, -0.05) is 12.1 Å². The zero-order chi connectivity index (χ0) is 15.8. The minimum Gasteiger partial charge on any atom is -0.480 e. The zero-order valence-electron chi connectivity index (χ0n) is 12.0. The smallest absolute Gasteiger partial charge is 0.326 e. The minimum atomic E-state index is -1.15. The highest BCUT2D eigenvalue weighted by Gasteiger charge is 2.20. The Morgan fingerprint density at radius 3 is 2.71 bits per heavy atom. The van der Waals surface area contributed by atoms with Gasteiger partial charge < -0.3 is 20.5 Å². The molecule has 2 amide bonds. The lowest BCUT2D eigenvalue weighted by Gasteiger charge is -2.16. The van der Waals surface area contributed by atoms with Crippen LogP contribution >= 0.6 is 0 Å². The topological polar surface area (TPSA) is 87.7 Å². The van der Waals surface area contributed by atoms with E-state index in [4.69, 9.17) is 9.84 Å². The Kier molecular flexibility index (Phi) is 6.61. The Labute approximate surface area is 122 Å². The average molecular weight is 298 g/mol. The molecule has 0 spiro atoms. The molecule has 1 aromatic rings. The summed E-state index contributed by atoms with van der Waals surface area (Å²) >= 11 is 0. The van der Waals surface area contributed by atoms with Crippen molar-refractivity contribution in [2.24, 2.45) is 0 Å². The van der Waals surface area contributed by atoms with E-state index >= 15 is 0 Å². The summed E-state index contributed by atoms with van der Waals surface area (Å²) in [4.78, 5) is 22.8. The number of anilines is 1. The standard InChI is InChI=1S/C14H19FN2O4/c1-9-5-3-6-10(15)12(9)17-14(20)16-11(13(18)19)7-4-8-21-2/h3,5-6,11H,4,7-8H2,1-2H3,(H,18,19)(H2,16,17,20). The number of carbonyl (C=O) groups is 2. The number of benzene rings is 1. The normalized spacial score (nSPS) is 11.8. The highest BCUT2D eigenvalue weighted by molar-refractivity contribution is 5.92. The number of carboxylic acid groups (broad SMARTS) is 1. The van der Waals surface area contributed by atoms with Crippen LogP contribution in [0.3, 0.4) is 0 Å². The van der Waals surface area contributed by atoms with Crippen LogP contribution in [0.2, 0.25) is 0 Å². The summed E-state index contributed by atoms with van der Waals surface area (Å²) in [7, 11) is 1.51. The highest BCUT2D eigenvalue weighted by Crippen LogP contribution is 2.18. The molecule has 0 aromatic heterocycles. The van der Waals surface area contributed by atoms with Gasteiger partial charge >= 0.3 is 12.0 Å². The van der Waals surface area contributed by atoms with Crippen LogP contribution in [0.1, 0.15) is 18.4 Å². The summed E-state index contributed by atoms with van der Waals surface area (Å²) in [5, 5.41) is 13.7. The second-order valence-electron chi connectivity index (χ2n) is 4.56. The number of halogens is 1. The Balaban J connectivity index is 2.63. The van der Waals surface area contributed by atoms with E-state index in [1.807, 2.05) is 0 Å². The molecule has 1 atom stereocenters. The molecule has 21 heavy (non-hydrogen) atoms. The number of hydrogen-bond donors (Lipinski definition) is 3. The first-order chi connectivity index (χ1) is 9.95. The van der Waals surface area contributed by atoms with Crippen molar-refractivity contribution >= 4 is 17.7 Å². The molecule has 0 radical (unpaired) electrons. The van der Waals surface area contributed by atoms with Gasteiger partial charge in [0.1, 0.15) is 11.9 Å². The summed E-state index contributed by atoms with van der Waals surface area (Å²) in [5.74, 6) is -1.72. The third-order valence-electron chi connectivity index (χ3n) is 2.91. The Morgan fingerprint density at radius 1 is 1.43 bits per heavy atom. The van der Waals surface area contributed by atoms with Gasteiger partial charge in [-0.05, 0) is 31.4 Å². The van der Waals surface area contributed by atoms with Crippen molar-refractivity contribution in [1.29, 1.82) is 0 Å². The van der Waals surface area contributed by atoms with Crippen LogP contribution in [0.15, 0.2) is 18.2 Å². The van der Waals surface area contributed by atoms with Gasteiger partial charge in [-0.15, -0.1) is 0 Å². The van der Waals surface area contributed by atoms with Gasteiger partial charge in [0.15, 0.2) is 0 Å². The maximum atomic E-state index is 13.6. The fraction of sp³-hybridized carbons (Fsp3) is 0.429. The Hall–Kier alpha value is -2.15. The van der Waals surface area contributed by atoms with Crippen LogP contribution in [0.5, 0.6) is 0 Å². The molecule has 0 saturated heterocycles. The van der Waals surface area contributed by atoms with Crippen LogP contribution in [0.4, 0.5) is 14.9 Å². The molecule has 1 aromatic carbocycles. The zero-order valence-corrected chi connectivity index (χ0v) is 12.0. The SMILES string of the molecule is COCCCC(NC(=O)Nc1c(C)cccc1F)C(=O)O. The third kappa shape index (κ3) is 5.39. The maximum absolute atomic E-state index is 13.6. The second kappa shape index (κ2) is 8.21. The lowest BCUT2D eigenvalue weighted by molar-refractivity contribution is -0.139. The fourth-order valence-corrected chi connectivity index (χ4v) is 1.79. The molecule has 0 saturated carbocycles. The quantitative estimate of drug-likeness (QED) is 0.673. The molecule has 0 fully saturated rings. The summed E-state index contributed by atoms with van der Waals surface area (Å²) in [6.45, 7) is 2.05. The number of aliphatic carboxylic acids is 1. The monoisotopic (exact) mass is 298 g/mol. The van der Waals surface area contributed by atoms with Gasteiger partial charge in [-0.2, -0.15) is 0 Å². The number of nitrogens with one attached hydrogen (secondary N) is 2. The molecule has 1 unspecified atom stereocenters. The first-order valence-electron chi connectivity index (χ1n) is 6.50. The number of carboxylic acids is 1. The number of ether oxygens (including phenoxy) is 1. The third-order valence-corrected chi connectivity index (χ3v) is 2.91. The number of hydrogen-bond acceptors (Lipinski definition) is 3. The van der Waals surface area contributed by atoms with Crippen LogP contribution in [0, 0.1) is 12.7 Å². The van der Waals surface area contributed by atoms with E-state index in [-0.39, 0.29) is 12.1 Å². The largest absolute Gasteiger partial charge is 0.480 e. The molecular formula is C14H19FN2O4. The predicted molar refractivity (Wildman–Crippen MR) is 75.8 cm³/mol. The van der Waals surface area contributed by atoms with Gasteiger partial charge in [-0.3, -0.25) is 0 Å². The summed E-state index contributed by atoms with van der Waals surface area (Å²) < 4.78 is 18.4. The first-order valence-corrected chi connectivity index (χ1v) is 6.50. The number of carbonyl (C=O) groups excluding carboxylic acids is 1. The molecular weight excluding hydrogens is 279 g/mol. The number of amides is 2. The van der Waals surface area contributed by atoms with E-state index in [2.05, 4.69) is 10.6 Å². The van der Waals surface area contributed by atoms with Gasteiger partial charge in [-0.25, -0.2) is 14.0 Å². The van der Waals surface area contributed by atoms with E-state index < -0.39 is 23.9 Å². The Morgan fingerprint density at radius 2 is 2.14 bits per heavy atom. The first kappa shape index (κ1) is 16.9. The van der Waals surface area contributed by atoms with Gasteiger partial charge in [0.2, 0.25) is 0 Å². The van der Waals surface area contributed by atoms with E-state index in [1.165, 1.54) is 19.2 Å². The Bertz CT molecular complexity index is 487. The van der Waals surface area contributed by atoms with E-state index in [9.17, 15) is 14.0 Å². The summed E-state index contributed by atoms with van der Waals surface area (Å²) in [6, 6.07) is 2.58. The summed E-state index contributed by atoms with van der Waals surface area (Å²) in [6.07, 6.45) is 0.722.